The highest BCUT2D eigenvalue weighted by molar-refractivity contribution is 7.18. The Morgan fingerprint density at radius 1 is 1.14 bits per heavy atom. The second-order valence-corrected chi connectivity index (χ2v) is 8.34. The Balaban J connectivity index is 1.38. The predicted molar refractivity (Wildman–Crippen MR) is 116 cm³/mol. The Bertz CT molecular complexity index is 938. The van der Waals surface area contributed by atoms with E-state index in [0.717, 1.165) is 36.3 Å². The van der Waals surface area contributed by atoms with Crippen LogP contribution in [0.25, 0.3) is 10.2 Å². The number of carbonyl (C=O) groups is 1. The van der Waals surface area contributed by atoms with Crippen molar-refractivity contribution in [2.75, 3.05) is 26.3 Å². The van der Waals surface area contributed by atoms with E-state index in [9.17, 15) is 4.79 Å². The normalized spacial score (nSPS) is 16.7. The van der Waals surface area contributed by atoms with Crippen LogP contribution >= 0.6 is 11.3 Å². The molecule has 0 bridgehead atoms. The number of hydrogen-bond donors (Lipinski definition) is 0. The Labute approximate surface area is 175 Å². The van der Waals surface area contributed by atoms with Gasteiger partial charge in [-0.25, -0.2) is 4.98 Å². The van der Waals surface area contributed by atoms with Gasteiger partial charge in [-0.2, -0.15) is 0 Å². The summed E-state index contributed by atoms with van der Waals surface area (Å²) in [5, 5.41) is 1.13. The van der Waals surface area contributed by atoms with Crippen molar-refractivity contribution in [3.63, 3.8) is 0 Å². The Kier molecular flexibility index (Phi) is 6.30. The van der Waals surface area contributed by atoms with Crippen molar-refractivity contribution in [2.45, 2.75) is 32.1 Å². The maximum Gasteiger partial charge on any atom is 0.260 e. The zero-order valence-electron chi connectivity index (χ0n) is 16.7. The summed E-state index contributed by atoms with van der Waals surface area (Å²) in [4.78, 5) is 19.5. The van der Waals surface area contributed by atoms with Gasteiger partial charge in [0.15, 0.2) is 18.1 Å². The zero-order chi connectivity index (χ0) is 20.1. The first-order valence-electron chi connectivity index (χ1n) is 10.2. The van der Waals surface area contributed by atoms with E-state index in [1.54, 1.807) is 11.3 Å². The molecule has 6 heteroatoms. The van der Waals surface area contributed by atoms with Gasteiger partial charge in [0.2, 0.25) is 0 Å². The second kappa shape index (κ2) is 9.27. The van der Waals surface area contributed by atoms with Crippen molar-refractivity contribution in [1.29, 1.82) is 0 Å². The minimum absolute atomic E-state index is 0.0149. The molecule has 4 rings (SSSR count). The molecule has 1 aromatic heterocycles. The van der Waals surface area contributed by atoms with Gasteiger partial charge in [0.25, 0.3) is 5.91 Å². The van der Waals surface area contributed by atoms with Gasteiger partial charge in [-0.3, -0.25) is 4.79 Å². The molecule has 0 spiro atoms. The average molecular weight is 411 g/mol. The molecule has 1 atom stereocenters. The van der Waals surface area contributed by atoms with E-state index in [4.69, 9.17) is 14.5 Å². The maximum atomic E-state index is 12.8. The highest BCUT2D eigenvalue weighted by Crippen LogP contribution is 2.33. The standard InChI is InChI=1S/C23H26N2O3S/c1-2-14-27-19-10-4-5-11-20(19)28-16-22(26)25-13-7-8-17(15-25)23-24-18-9-3-6-12-21(18)29-23/h3-6,9-12,17H,2,7-8,13-16H2,1H3/t17-/m0/s1. The van der Waals surface area contributed by atoms with Crippen LogP contribution in [-0.4, -0.2) is 42.1 Å². The first kappa shape index (κ1) is 19.7. The van der Waals surface area contributed by atoms with Gasteiger partial charge < -0.3 is 14.4 Å². The van der Waals surface area contributed by atoms with E-state index in [-0.39, 0.29) is 12.5 Å². The molecule has 0 saturated carbocycles. The third kappa shape index (κ3) is 4.70. The fourth-order valence-corrected chi connectivity index (χ4v) is 4.69. The molecule has 2 aromatic carbocycles. The number of hydrogen-bond acceptors (Lipinski definition) is 5. The zero-order valence-corrected chi connectivity index (χ0v) is 17.5. The van der Waals surface area contributed by atoms with Crippen LogP contribution < -0.4 is 9.47 Å². The number of amides is 1. The van der Waals surface area contributed by atoms with Gasteiger partial charge in [-0.1, -0.05) is 31.2 Å². The van der Waals surface area contributed by atoms with Crippen molar-refractivity contribution in [2.24, 2.45) is 0 Å². The van der Waals surface area contributed by atoms with Gasteiger partial charge in [0.05, 0.1) is 21.8 Å². The van der Waals surface area contributed by atoms with E-state index in [0.29, 0.717) is 30.6 Å². The van der Waals surface area contributed by atoms with Crippen LogP contribution in [0.4, 0.5) is 0 Å². The lowest BCUT2D eigenvalue weighted by molar-refractivity contribution is -0.134. The fourth-order valence-electron chi connectivity index (χ4n) is 3.60. The third-order valence-electron chi connectivity index (χ3n) is 5.10. The van der Waals surface area contributed by atoms with Crippen LogP contribution in [0.5, 0.6) is 11.5 Å². The molecule has 0 aliphatic carbocycles. The molecule has 1 amide bonds. The maximum absolute atomic E-state index is 12.8. The molecule has 152 valence electrons. The molecule has 1 aliphatic rings. The summed E-state index contributed by atoms with van der Waals surface area (Å²) < 4.78 is 12.7. The molecule has 1 fully saturated rings. The average Bonchev–Trinajstić information content (AvgIpc) is 3.21. The van der Waals surface area contributed by atoms with Crippen molar-refractivity contribution in [1.82, 2.24) is 9.88 Å². The monoisotopic (exact) mass is 410 g/mol. The van der Waals surface area contributed by atoms with E-state index >= 15 is 0 Å². The van der Waals surface area contributed by atoms with Gasteiger partial charge in [0, 0.05) is 19.0 Å². The molecule has 0 radical (unpaired) electrons. The summed E-state index contributed by atoms with van der Waals surface area (Å²) >= 11 is 1.74. The van der Waals surface area contributed by atoms with Gasteiger partial charge in [-0.15, -0.1) is 11.3 Å². The third-order valence-corrected chi connectivity index (χ3v) is 6.29. The fraction of sp³-hybridized carbons (Fsp3) is 0.391. The number of thiazole rings is 1. The quantitative estimate of drug-likeness (QED) is 0.558. The minimum Gasteiger partial charge on any atom is -0.490 e. The number of para-hydroxylation sites is 3. The highest BCUT2D eigenvalue weighted by Gasteiger charge is 2.27. The summed E-state index contributed by atoms with van der Waals surface area (Å²) in [5.74, 6) is 1.62. The summed E-state index contributed by atoms with van der Waals surface area (Å²) in [6.07, 6.45) is 2.98. The van der Waals surface area contributed by atoms with E-state index in [1.807, 2.05) is 47.4 Å². The molecule has 0 unspecified atom stereocenters. The van der Waals surface area contributed by atoms with Crippen LogP contribution in [0.15, 0.2) is 48.5 Å². The number of piperidine rings is 1. The van der Waals surface area contributed by atoms with Crippen LogP contribution in [-0.2, 0) is 4.79 Å². The Morgan fingerprint density at radius 2 is 1.90 bits per heavy atom. The van der Waals surface area contributed by atoms with Crippen molar-refractivity contribution < 1.29 is 14.3 Å². The number of fused-ring (bicyclic) bond motifs is 1. The lowest BCUT2D eigenvalue weighted by atomic mass is 9.99. The summed E-state index contributed by atoms with van der Waals surface area (Å²) in [6.45, 7) is 4.20. The lowest BCUT2D eigenvalue weighted by Gasteiger charge is -2.31. The largest absolute Gasteiger partial charge is 0.490 e. The summed E-state index contributed by atoms with van der Waals surface area (Å²) in [6, 6.07) is 15.7. The number of nitrogens with zero attached hydrogens (tertiary/aromatic N) is 2. The molecule has 3 aromatic rings. The number of benzene rings is 2. The molecular formula is C23H26N2O3S. The molecule has 5 nitrogen and oxygen atoms in total. The molecule has 1 saturated heterocycles. The van der Waals surface area contributed by atoms with Crippen LogP contribution in [0.3, 0.4) is 0 Å². The molecule has 2 heterocycles. The Morgan fingerprint density at radius 3 is 2.69 bits per heavy atom. The van der Waals surface area contributed by atoms with Gasteiger partial charge >= 0.3 is 0 Å². The number of likely N-dealkylation sites (tertiary alicyclic amines) is 1. The SMILES string of the molecule is CCCOc1ccccc1OCC(=O)N1CCC[C@H](c2nc3ccccc3s2)C1. The minimum atomic E-state index is 0.0149. The van der Waals surface area contributed by atoms with E-state index in [2.05, 4.69) is 13.0 Å². The van der Waals surface area contributed by atoms with E-state index in [1.165, 1.54) is 4.70 Å². The Hall–Kier alpha value is -2.60. The van der Waals surface area contributed by atoms with Gasteiger partial charge in [0.1, 0.15) is 0 Å². The molecule has 29 heavy (non-hydrogen) atoms. The van der Waals surface area contributed by atoms with E-state index < -0.39 is 0 Å². The topological polar surface area (TPSA) is 51.7 Å². The van der Waals surface area contributed by atoms with Crippen LogP contribution in [0.1, 0.15) is 37.1 Å². The number of ether oxygens (including phenoxy) is 2. The first-order chi connectivity index (χ1) is 14.2. The summed E-state index contributed by atoms with van der Waals surface area (Å²) in [5.41, 5.74) is 1.04. The molecule has 0 N–H and O–H groups in total. The number of carbonyl (C=O) groups excluding carboxylic acids is 1. The number of rotatable bonds is 7. The lowest BCUT2D eigenvalue weighted by Crippen LogP contribution is -2.41. The molecule has 1 aliphatic heterocycles. The smallest absolute Gasteiger partial charge is 0.260 e. The van der Waals surface area contributed by atoms with Crippen LogP contribution in [0, 0.1) is 0 Å². The predicted octanol–water partition coefficient (Wildman–Crippen LogP) is 4.87. The molecular weight excluding hydrogens is 384 g/mol. The first-order valence-corrected chi connectivity index (χ1v) is 11.0. The summed E-state index contributed by atoms with van der Waals surface area (Å²) in [7, 11) is 0. The second-order valence-electron chi connectivity index (χ2n) is 7.28. The van der Waals surface area contributed by atoms with Crippen molar-refractivity contribution >= 4 is 27.5 Å². The van der Waals surface area contributed by atoms with Crippen molar-refractivity contribution in [3.8, 4) is 11.5 Å². The number of aromatic nitrogens is 1. The highest BCUT2D eigenvalue weighted by atomic mass is 32.1. The van der Waals surface area contributed by atoms with Crippen LogP contribution in [0.2, 0.25) is 0 Å². The van der Waals surface area contributed by atoms with Crippen molar-refractivity contribution in [3.05, 3.63) is 53.5 Å². The van der Waals surface area contributed by atoms with Gasteiger partial charge in [-0.05, 0) is 43.5 Å².